The van der Waals surface area contributed by atoms with Gasteiger partial charge >= 0.3 is 12.1 Å². The number of amides is 1. The minimum absolute atomic E-state index is 0.00537. The topological polar surface area (TPSA) is 46.6 Å². The van der Waals surface area contributed by atoms with Gasteiger partial charge in [0.25, 0.3) is 0 Å². The second-order valence-electron chi connectivity index (χ2n) is 6.00. The first kappa shape index (κ1) is 19.6. The van der Waals surface area contributed by atoms with Gasteiger partial charge in [-0.3, -0.25) is 9.59 Å². The molecule has 0 bridgehead atoms. The SMILES string of the molecule is COC(=O)CC1CC(c2cccc(C(F)(F)F)c2)CCN1C(=O)CCl. The number of benzene rings is 1. The molecule has 8 heteroatoms. The van der Waals surface area contributed by atoms with Crippen LogP contribution in [0.2, 0.25) is 0 Å². The zero-order chi connectivity index (χ0) is 18.6. The van der Waals surface area contributed by atoms with E-state index in [1.54, 1.807) is 6.07 Å². The molecule has 0 spiro atoms. The third kappa shape index (κ3) is 4.87. The van der Waals surface area contributed by atoms with Gasteiger partial charge in [-0.1, -0.05) is 18.2 Å². The van der Waals surface area contributed by atoms with E-state index in [0.29, 0.717) is 24.9 Å². The number of halogens is 4. The molecule has 1 aliphatic rings. The molecule has 2 unspecified atom stereocenters. The van der Waals surface area contributed by atoms with Gasteiger partial charge in [-0.05, 0) is 30.4 Å². The number of carbonyl (C=O) groups is 2. The molecule has 0 aromatic heterocycles. The highest BCUT2D eigenvalue weighted by atomic mass is 35.5. The molecule has 1 aromatic rings. The standard InChI is InChI=1S/C17H19ClF3NO3/c1-25-16(24)9-14-8-12(5-6-22(14)15(23)10-18)11-3-2-4-13(7-11)17(19,20)21/h2-4,7,12,14H,5-6,8-10H2,1H3. The first-order valence-corrected chi connectivity index (χ1v) is 8.39. The quantitative estimate of drug-likeness (QED) is 0.595. The van der Waals surface area contributed by atoms with E-state index in [-0.39, 0.29) is 24.1 Å². The number of esters is 1. The number of methoxy groups -OCH3 is 1. The number of ether oxygens (including phenoxy) is 1. The average molecular weight is 378 g/mol. The first-order valence-electron chi connectivity index (χ1n) is 7.85. The van der Waals surface area contributed by atoms with Crippen molar-refractivity contribution in [3.63, 3.8) is 0 Å². The van der Waals surface area contributed by atoms with Crippen LogP contribution >= 0.6 is 11.6 Å². The lowest BCUT2D eigenvalue weighted by atomic mass is 9.83. The fraction of sp³-hybridized carbons (Fsp3) is 0.529. The van der Waals surface area contributed by atoms with E-state index in [9.17, 15) is 22.8 Å². The van der Waals surface area contributed by atoms with Crippen molar-refractivity contribution in [3.8, 4) is 0 Å². The van der Waals surface area contributed by atoms with E-state index in [1.165, 1.54) is 18.1 Å². The smallest absolute Gasteiger partial charge is 0.416 e. The number of alkyl halides is 4. The van der Waals surface area contributed by atoms with Crippen LogP contribution in [0.5, 0.6) is 0 Å². The highest BCUT2D eigenvalue weighted by molar-refractivity contribution is 6.27. The van der Waals surface area contributed by atoms with Gasteiger partial charge in [0.05, 0.1) is 19.1 Å². The fourth-order valence-electron chi connectivity index (χ4n) is 3.20. The van der Waals surface area contributed by atoms with Gasteiger partial charge < -0.3 is 9.64 Å². The van der Waals surface area contributed by atoms with Crippen molar-refractivity contribution in [1.29, 1.82) is 0 Å². The zero-order valence-corrected chi connectivity index (χ0v) is 14.4. The van der Waals surface area contributed by atoms with Gasteiger partial charge in [-0.25, -0.2) is 0 Å². The molecule has 0 radical (unpaired) electrons. The Hall–Kier alpha value is -1.76. The Kier molecular flexibility index (Phi) is 6.32. The molecule has 138 valence electrons. The number of hydrogen-bond donors (Lipinski definition) is 0. The second-order valence-corrected chi connectivity index (χ2v) is 6.27. The van der Waals surface area contributed by atoms with Crippen LogP contribution in [0.25, 0.3) is 0 Å². The van der Waals surface area contributed by atoms with Crippen LogP contribution in [0.15, 0.2) is 24.3 Å². The van der Waals surface area contributed by atoms with Gasteiger partial charge in [-0.2, -0.15) is 13.2 Å². The largest absolute Gasteiger partial charge is 0.469 e. The molecule has 0 aliphatic carbocycles. The third-order valence-corrected chi connectivity index (χ3v) is 4.69. The Labute approximate surface area is 148 Å². The van der Waals surface area contributed by atoms with Gasteiger partial charge in [0.15, 0.2) is 0 Å². The van der Waals surface area contributed by atoms with Crippen LogP contribution in [-0.4, -0.2) is 42.4 Å². The predicted octanol–water partition coefficient (Wildman–Crippen LogP) is 3.58. The number of likely N-dealkylation sites (tertiary alicyclic amines) is 1. The molecule has 0 N–H and O–H groups in total. The van der Waals surface area contributed by atoms with Crippen molar-refractivity contribution in [2.45, 2.75) is 37.4 Å². The summed E-state index contributed by atoms with van der Waals surface area (Å²) in [6, 6.07) is 4.75. The van der Waals surface area contributed by atoms with Crippen LogP contribution in [-0.2, 0) is 20.5 Å². The van der Waals surface area contributed by atoms with Crippen LogP contribution in [0.3, 0.4) is 0 Å². The molecule has 2 atom stereocenters. The number of hydrogen-bond acceptors (Lipinski definition) is 3. The lowest BCUT2D eigenvalue weighted by molar-refractivity contribution is -0.144. The lowest BCUT2D eigenvalue weighted by Gasteiger charge is -2.39. The van der Waals surface area contributed by atoms with Crippen LogP contribution < -0.4 is 0 Å². The summed E-state index contributed by atoms with van der Waals surface area (Å²) in [5.74, 6) is -1.14. The molecule has 25 heavy (non-hydrogen) atoms. The molecular weight excluding hydrogens is 359 g/mol. The molecule has 0 saturated carbocycles. The van der Waals surface area contributed by atoms with Gasteiger partial charge in [0, 0.05) is 12.6 Å². The second kappa shape index (κ2) is 8.08. The van der Waals surface area contributed by atoms with Crippen LogP contribution in [0.1, 0.15) is 36.3 Å². The molecule has 1 aliphatic heterocycles. The highest BCUT2D eigenvalue weighted by Gasteiger charge is 2.35. The third-order valence-electron chi connectivity index (χ3n) is 4.47. The maximum atomic E-state index is 12.9. The fourth-order valence-corrected chi connectivity index (χ4v) is 3.35. The van der Waals surface area contributed by atoms with E-state index < -0.39 is 23.8 Å². The number of nitrogens with zero attached hydrogens (tertiary/aromatic N) is 1. The summed E-state index contributed by atoms with van der Waals surface area (Å²) in [5, 5.41) is 0. The van der Waals surface area contributed by atoms with Crippen molar-refractivity contribution >= 4 is 23.5 Å². The number of carbonyl (C=O) groups excluding carboxylic acids is 2. The Balaban J connectivity index is 2.21. The number of rotatable bonds is 4. The van der Waals surface area contributed by atoms with E-state index in [4.69, 9.17) is 11.6 Å². The minimum Gasteiger partial charge on any atom is -0.469 e. The zero-order valence-electron chi connectivity index (χ0n) is 13.7. The first-order chi connectivity index (χ1) is 11.8. The van der Waals surface area contributed by atoms with Crippen molar-refractivity contribution in [2.75, 3.05) is 19.5 Å². The van der Waals surface area contributed by atoms with Gasteiger partial charge in [0.2, 0.25) is 5.91 Å². The normalized spacial score (nSPS) is 21.1. The predicted molar refractivity (Wildman–Crippen MR) is 86.3 cm³/mol. The monoisotopic (exact) mass is 377 g/mol. The van der Waals surface area contributed by atoms with E-state index in [0.717, 1.165) is 12.1 Å². The van der Waals surface area contributed by atoms with Crippen molar-refractivity contribution < 1.29 is 27.5 Å². The van der Waals surface area contributed by atoms with Crippen molar-refractivity contribution in [3.05, 3.63) is 35.4 Å². The van der Waals surface area contributed by atoms with Crippen LogP contribution in [0, 0.1) is 0 Å². The lowest BCUT2D eigenvalue weighted by Crippen LogP contribution is -2.47. The summed E-state index contributed by atoms with van der Waals surface area (Å²) in [7, 11) is 1.25. The summed E-state index contributed by atoms with van der Waals surface area (Å²) in [5.41, 5.74) is -0.142. The maximum absolute atomic E-state index is 12.9. The summed E-state index contributed by atoms with van der Waals surface area (Å²) in [6.07, 6.45) is -3.51. The van der Waals surface area contributed by atoms with Gasteiger partial charge in [0.1, 0.15) is 5.88 Å². The van der Waals surface area contributed by atoms with E-state index >= 15 is 0 Å². The summed E-state index contributed by atoms with van der Waals surface area (Å²) in [6.45, 7) is 0.341. The Morgan fingerprint density at radius 1 is 1.36 bits per heavy atom. The summed E-state index contributed by atoms with van der Waals surface area (Å²) in [4.78, 5) is 25.1. The summed E-state index contributed by atoms with van der Waals surface area (Å²) < 4.78 is 43.4. The maximum Gasteiger partial charge on any atom is 0.416 e. The Bertz CT molecular complexity index is 636. The average Bonchev–Trinajstić information content (AvgIpc) is 2.60. The van der Waals surface area contributed by atoms with Crippen LogP contribution in [0.4, 0.5) is 13.2 Å². The van der Waals surface area contributed by atoms with Gasteiger partial charge in [-0.15, -0.1) is 11.6 Å². The highest BCUT2D eigenvalue weighted by Crippen LogP contribution is 2.36. The molecule has 4 nitrogen and oxygen atoms in total. The van der Waals surface area contributed by atoms with E-state index in [1.807, 2.05) is 0 Å². The molecular formula is C17H19ClF3NO3. The number of piperidine rings is 1. The molecule has 1 amide bonds. The molecule has 1 saturated heterocycles. The molecule has 1 heterocycles. The Morgan fingerprint density at radius 2 is 2.08 bits per heavy atom. The minimum atomic E-state index is -4.41. The van der Waals surface area contributed by atoms with Crippen molar-refractivity contribution in [2.24, 2.45) is 0 Å². The Morgan fingerprint density at radius 3 is 2.68 bits per heavy atom. The molecule has 1 aromatic carbocycles. The van der Waals surface area contributed by atoms with E-state index in [2.05, 4.69) is 4.74 Å². The summed E-state index contributed by atoms with van der Waals surface area (Å²) >= 11 is 5.61. The van der Waals surface area contributed by atoms with Crippen molar-refractivity contribution in [1.82, 2.24) is 4.90 Å². The molecule has 1 fully saturated rings. The molecule has 2 rings (SSSR count).